The van der Waals surface area contributed by atoms with Gasteiger partial charge in [0.25, 0.3) is 0 Å². The summed E-state index contributed by atoms with van der Waals surface area (Å²) in [7, 11) is 0. The Morgan fingerprint density at radius 2 is 0.929 bits per heavy atom. The third-order valence-corrected chi connectivity index (χ3v) is 0.527. The molecule has 0 bridgehead atoms. The molecule has 0 aromatic carbocycles. The van der Waals surface area contributed by atoms with Crippen LogP contribution in [-0.4, -0.2) is 110 Å². The minimum atomic E-state index is -2.03. The van der Waals surface area contributed by atoms with Crippen LogP contribution in [0.2, 0.25) is 0 Å². The van der Waals surface area contributed by atoms with E-state index in [0.717, 1.165) is 0 Å². The van der Waals surface area contributed by atoms with Gasteiger partial charge in [-0.05, 0) is 0 Å². The molecule has 0 fully saturated rings. The molecule has 0 spiro atoms. The number of rotatable bonds is 0. The van der Waals surface area contributed by atoms with E-state index in [1.807, 2.05) is 0 Å². The van der Waals surface area contributed by atoms with Gasteiger partial charge < -0.3 is 19.7 Å². The van der Waals surface area contributed by atoms with Gasteiger partial charge in [0.1, 0.15) is 0 Å². The average molecular weight is 262 g/mol. The number of hydrogen-bond donors (Lipinski definition) is 2. The Labute approximate surface area is 137 Å². The summed E-state index contributed by atoms with van der Waals surface area (Å²) in [5.41, 5.74) is 0. The van der Waals surface area contributed by atoms with Gasteiger partial charge in [0.05, 0.1) is 0 Å². The molecule has 2 N–H and O–H groups in total. The van der Waals surface area contributed by atoms with Crippen molar-refractivity contribution < 1.29 is 38.9 Å². The molecule has 0 saturated carbocycles. The first-order valence-corrected chi connectivity index (χ1v) is 2.33. The standard InChI is InChI=1S/C4H2O8.2Ca.4H/c5-1(11-3(7)8)2(6)12-4(9)10;;;;;;/h(H,7,8)(H,9,10);;;;;;. The van der Waals surface area contributed by atoms with Crippen LogP contribution in [0, 0.1) is 0 Å². The predicted octanol–water partition coefficient (Wildman–Crippen LogP) is -2.40. The van der Waals surface area contributed by atoms with E-state index in [4.69, 9.17) is 10.2 Å². The predicted molar refractivity (Wildman–Crippen MR) is 45.3 cm³/mol. The average Bonchev–Trinajstić information content (AvgIpc) is 1.84. The third-order valence-electron chi connectivity index (χ3n) is 0.527. The van der Waals surface area contributed by atoms with Crippen molar-refractivity contribution in [2.24, 2.45) is 0 Å². The van der Waals surface area contributed by atoms with Gasteiger partial charge in [-0.2, -0.15) is 0 Å². The fourth-order valence-corrected chi connectivity index (χ4v) is 0.242. The quantitative estimate of drug-likeness (QED) is 0.214. The molecular formula is C4H6Ca2O8. The number of carboxylic acid groups (broad SMARTS) is 2. The summed E-state index contributed by atoms with van der Waals surface area (Å²) >= 11 is 0. The number of esters is 2. The van der Waals surface area contributed by atoms with Gasteiger partial charge in [0.2, 0.25) is 0 Å². The second-order valence-corrected chi connectivity index (χ2v) is 1.31. The van der Waals surface area contributed by atoms with Gasteiger partial charge >= 0.3 is 99.7 Å². The first kappa shape index (κ1) is 19.9. The molecule has 0 aliphatic rings. The molecule has 0 heterocycles. The Morgan fingerprint density at radius 1 is 0.714 bits per heavy atom. The molecule has 0 rings (SSSR count). The topological polar surface area (TPSA) is 127 Å². The third kappa shape index (κ3) is 10.5. The normalized spacial score (nSPS) is 7.14. The molecule has 0 aromatic heterocycles. The second-order valence-electron chi connectivity index (χ2n) is 1.31. The molecule has 0 radical (unpaired) electrons. The molecule has 0 amide bonds. The van der Waals surface area contributed by atoms with E-state index in [1.165, 1.54) is 0 Å². The van der Waals surface area contributed by atoms with Crippen molar-refractivity contribution in [1.29, 1.82) is 0 Å². The van der Waals surface area contributed by atoms with Crippen LogP contribution in [0.5, 0.6) is 0 Å². The van der Waals surface area contributed by atoms with Crippen LogP contribution in [0.15, 0.2) is 0 Å². The summed E-state index contributed by atoms with van der Waals surface area (Å²) in [6, 6.07) is 0. The Bertz CT molecular complexity index is 222. The van der Waals surface area contributed by atoms with Gasteiger partial charge in [-0.3, -0.25) is 0 Å². The van der Waals surface area contributed by atoms with Crippen LogP contribution in [0.25, 0.3) is 0 Å². The van der Waals surface area contributed by atoms with Crippen molar-refractivity contribution in [3.05, 3.63) is 0 Å². The van der Waals surface area contributed by atoms with E-state index in [0.29, 0.717) is 0 Å². The zero-order valence-corrected chi connectivity index (χ0v) is 5.34. The van der Waals surface area contributed by atoms with E-state index < -0.39 is 24.2 Å². The number of ether oxygens (including phenoxy) is 2. The van der Waals surface area contributed by atoms with Crippen LogP contribution in [0.3, 0.4) is 0 Å². The van der Waals surface area contributed by atoms with Crippen molar-refractivity contribution >= 4 is 99.7 Å². The summed E-state index contributed by atoms with van der Waals surface area (Å²) in [4.78, 5) is 39.5. The second kappa shape index (κ2) is 9.94. The van der Waals surface area contributed by atoms with Crippen molar-refractivity contribution in [3.8, 4) is 0 Å². The molecule has 0 aliphatic heterocycles. The number of hydrogen-bond acceptors (Lipinski definition) is 6. The van der Waals surface area contributed by atoms with E-state index in [9.17, 15) is 19.2 Å². The summed E-state index contributed by atoms with van der Waals surface area (Å²) in [6.45, 7) is 0. The van der Waals surface area contributed by atoms with E-state index >= 15 is 0 Å². The van der Waals surface area contributed by atoms with Crippen molar-refractivity contribution in [2.45, 2.75) is 0 Å². The van der Waals surface area contributed by atoms with E-state index in [1.54, 1.807) is 0 Å². The van der Waals surface area contributed by atoms with Crippen LogP contribution in [0.1, 0.15) is 0 Å². The Kier molecular flexibility index (Phi) is 14.1. The van der Waals surface area contributed by atoms with Crippen molar-refractivity contribution in [1.82, 2.24) is 0 Å². The molecular weight excluding hydrogens is 256 g/mol. The monoisotopic (exact) mass is 262 g/mol. The van der Waals surface area contributed by atoms with Crippen LogP contribution >= 0.6 is 0 Å². The molecule has 0 atom stereocenters. The minimum absolute atomic E-state index is 0. The van der Waals surface area contributed by atoms with E-state index in [-0.39, 0.29) is 75.5 Å². The molecule has 0 aromatic rings. The summed E-state index contributed by atoms with van der Waals surface area (Å²) in [6.07, 6.45) is -4.05. The Balaban J connectivity index is -0.000000605. The molecule has 8 nitrogen and oxygen atoms in total. The van der Waals surface area contributed by atoms with Gasteiger partial charge in [-0.15, -0.1) is 0 Å². The van der Waals surface area contributed by atoms with Crippen molar-refractivity contribution in [2.75, 3.05) is 0 Å². The summed E-state index contributed by atoms with van der Waals surface area (Å²) in [5.74, 6) is -3.82. The van der Waals surface area contributed by atoms with Gasteiger partial charge in [-0.1, -0.05) is 0 Å². The van der Waals surface area contributed by atoms with Crippen LogP contribution in [0.4, 0.5) is 9.59 Å². The maximum absolute atomic E-state index is 10.1. The van der Waals surface area contributed by atoms with Gasteiger partial charge in [-0.25, -0.2) is 19.2 Å². The van der Waals surface area contributed by atoms with Gasteiger partial charge in [0.15, 0.2) is 0 Å². The van der Waals surface area contributed by atoms with Crippen LogP contribution < -0.4 is 0 Å². The van der Waals surface area contributed by atoms with Gasteiger partial charge in [0, 0.05) is 0 Å². The first-order valence-electron chi connectivity index (χ1n) is 2.33. The maximum atomic E-state index is 10.1. The molecule has 74 valence electrons. The number of carbonyl (C=O) groups excluding carboxylic acids is 2. The Hall–Kier alpha value is 0.399. The molecule has 0 saturated heterocycles. The fraction of sp³-hybridized carbons (Fsp3) is 0. The number of carbonyl (C=O) groups is 4. The SMILES string of the molecule is O=C(O)OC(=O)C(=O)OC(=O)O.[CaH2].[CaH2]. The van der Waals surface area contributed by atoms with Crippen molar-refractivity contribution in [3.63, 3.8) is 0 Å². The zero-order chi connectivity index (χ0) is 9.72. The molecule has 10 heteroatoms. The Morgan fingerprint density at radius 3 is 1.07 bits per heavy atom. The summed E-state index contributed by atoms with van der Waals surface area (Å²) in [5, 5.41) is 15.5. The first-order chi connectivity index (χ1) is 5.43. The molecule has 0 aliphatic carbocycles. The fourth-order valence-electron chi connectivity index (χ4n) is 0.242. The molecule has 14 heavy (non-hydrogen) atoms. The molecule has 0 unspecified atom stereocenters. The zero-order valence-electron chi connectivity index (χ0n) is 5.34. The summed E-state index contributed by atoms with van der Waals surface area (Å²) < 4.78 is 6.51. The van der Waals surface area contributed by atoms with Crippen LogP contribution in [-0.2, 0) is 19.1 Å². The van der Waals surface area contributed by atoms with E-state index in [2.05, 4.69) is 9.47 Å².